The number of hydrogen-bond donors (Lipinski definition) is 1. The van der Waals surface area contributed by atoms with Crippen molar-refractivity contribution in [1.29, 1.82) is 0 Å². The zero-order valence-corrected chi connectivity index (χ0v) is 11.6. The maximum atomic E-state index is 11.9. The van der Waals surface area contributed by atoms with Crippen LogP contribution in [0.15, 0.2) is 30.5 Å². The van der Waals surface area contributed by atoms with Gasteiger partial charge in [-0.1, -0.05) is 23.7 Å². The molecule has 1 aromatic carbocycles. The van der Waals surface area contributed by atoms with Gasteiger partial charge in [0.25, 0.3) is 0 Å². The predicted molar refractivity (Wildman–Crippen MR) is 74.3 cm³/mol. The van der Waals surface area contributed by atoms with Gasteiger partial charge in [-0.25, -0.2) is 4.79 Å². The summed E-state index contributed by atoms with van der Waals surface area (Å²) in [6.45, 7) is 6.14. The Morgan fingerprint density at radius 3 is 2.50 bits per heavy atom. The van der Waals surface area contributed by atoms with Crippen LogP contribution < -0.4 is 5.32 Å². The van der Waals surface area contributed by atoms with Crippen molar-refractivity contribution in [3.8, 4) is 0 Å². The molecule has 0 unspecified atom stereocenters. The molecule has 0 radical (unpaired) electrons. The lowest BCUT2D eigenvalue weighted by molar-refractivity contribution is -0.136. The molecule has 0 atom stereocenters. The normalized spacial score (nSPS) is 11.5. The lowest BCUT2D eigenvalue weighted by atomic mass is 10.1. The molecule has 0 saturated heterocycles. The van der Waals surface area contributed by atoms with Crippen molar-refractivity contribution >= 4 is 23.1 Å². The molecular weight excluding hydrogens is 250 g/mol. The molecule has 18 heavy (non-hydrogen) atoms. The molecule has 0 heterocycles. The van der Waals surface area contributed by atoms with Gasteiger partial charge in [0.2, 0.25) is 0 Å². The quantitative estimate of drug-likeness (QED) is 0.657. The molecule has 0 amide bonds. The van der Waals surface area contributed by atoms with Gasteiger partial charge in [-0.3, -0.25) is 0 Å². The highest BCUT2D eigenvalue weighted by atomic mass is 35.5. The first-order valence-electron chi connectivity index (χ1n) is 5.94. The number of rotatable bonds is 5. The van der Waals surface area contributed by atoms with E-state index in [0.717, 1.165) is 5.56 Å². The second kappa shape index (κ2) is 7.07. The number of hydrogen-bond acceptors (Lipinski definition) is 3. The largest absolute Gasteiger partial charge is 0.462 e. The zero-order chi connectivity index (χ0) is 13.5. The Kier molecular flexibility index (Phi) is 5.72. The van der Waals surface area contributed by atoms with E-state index in [0.29, 0.717) is 17.2 Å². The van der Waals surface area contributed by atoms with Crippen molar-refractivity contribution in [2.75, 3.05) is 6.61 Å². The minimum atomic E-state index is -0.340. The molecule has 1 aromatic rings. The summed E-state index contributed by atoms with van der Waals surface area (Å²) in [4.78, 5) is 11.9. The summed E-state index contributed by atoms with van der Waals surface area (Å²) < 4.78 is 5.04. The molecule has 1 N–H and O–H groups in total. The fourth-order valence-electron chi connectivity index (χ4n) is 1.35. The van der Waals surface area contributed by atoms with Gasteiger partial charge in [0.05, 0.1) is 12.2 Å². The van der Waals surface area contributed by atoms with Gasteiger partial charge in [-0.05, 0) is 38.5 Å². The van der Waals surface area contributed by atoms with E-state index < -0.39 is 0 Å². The van der Waals surface area contributed by atoms with Crippen LogP contribution in [0.4, 0.5) is 0 Å². The first-order valence-corrected chi connectivity index (χ1v) is 6.31. The van der Waals surface area contributed by atoms with Crippen LogP contribution >= 0.6 is 11.6 Å². The van der Waals surface area contributed by atoms with Crippen LogP contribution in [0.5, 0.6) is 0 Å². The first-order chi connectivity index (χ1) is 8.54. The highest BCUT2D eigenvalue weighted by Crippen LogP contribution is 2.18. The molecular formula is C14H18ClNO2. The van der Waals surface area contributed by atoms with Crippen LogP contribution in [0.2, 0.25) is 5.02 Å². The summed E-state index contributed by atoms with van der Waals surface area (Å²) >= 11 is 5.83. The zero-order valence-electron chi connectivity index (χ0n) is 10.9. The van der Waals surface area contributed by atoms with E-state index >= 15 is 0 Å². The minimum Gasteiger partial charge on any atom is -0.462 e. The van der Waals surface area contributed by atoms with Crippen LogP contribution in [0.3, 0.4) is 0 Å². The summed E-state index contributed by atoms with van der Waals surface area (Å²) in [5.74, 6) is -0.340. The highest BCUT2D eigenvalue weighted by Gasteiger charge is 2.13. The number of carbonyl (C=O) groups excluding carboxylic acids is 1. The van der Waals surface area contributed by atoms with Gasteiger partial charge in [-0.15, -0.1) is 0 Å². The van der Waals surface area contributed by atoms with Crippen LogP contribution in [0.1, 0.15) is 26.3 Å². The second-order valence-corrected chi connectivity index (χ2v) is 4.54. The van der Waals surface area contributed by atoms with E-state index in [1.165, 1.54) is 0 Å². The third kappa shape index (κ3) is 4.41. The number of nitrogens with one attached hydrogen (secondary N) is 1. The number of halogens is 1. The Labute approximate surface area is 113 Å². The standard InChI is InChI=1S/C14H18ClNO2/c1-4-18-14(17)13(9-16-10(2)3)11-5-7-12(15)8-6-11/h5-10,16H,4H2,1-3H3. The van der Waals surface area contributed by atoms with Gasteiger partial charge in [0, 0.05) is 17.3 Å². The van der Waals surface area contributed by atoms with Crippen molar-refractivity contribution in [2.24, 2.45) is 0 Å². The molecule has 0 fully saturated rings. The summed E-state index contributed by atoms with van der Waals surface area (Å²) in [6.07, 6.45) is 1.69. The summed E-state index contributed by atoms with van der Waals surface area (Å²) in [7, 11) is 0. The second-order valence-electron chi connectivity index (χ2n) is 4.11. The van der Waals surface area contributed by atoms with Gasteiger partial charge in [0.1, 0.15) is 0 Å². The molecule has 1 rings (SSSR count). The van der Waals surface area contributed by atoms with Crippen LogP contribution in [-0.2, 0) is 9.53 Å². The number of benzene rings is 1. The molecule has 0 aliphatic carbocycles. The van der Waals surface area contributed by atoms with Gasteiger partial charge in [-0.2, -0.15) is 0 Å². The van der Waals surface area contributed by atoms with Gasteiger partial charge >= 0.3 is 5.97 Å². The molecule has 0 aliphatic rings. The highest BCUT2D eigenvalue weighted by molar-refractivity contribution is 6.30. The van der Waals surface area contributed by atoms with E-state index in [2.05, 4.69) is 5.32 Å². The van der Waals surface area contributed by atoms with Gasteiger partial charge < -0.3 is 10.1 Å². The summed E-state index contributed by atoms with van der Waals surface area (Å²) in [5.41, 5.74) is 1.29. The predicted octanol–water partition coefficient (Wildman–Crippen LogP) is 3.24. The molecule has 3 nitrogen and oxygen atoms in total. The Bertz CT molecular complexity index is 424. The SMILES string of the molecule is CCOC(=O)C(=CNC(C)C)c1ccc(Cl)cc1. The van der Waals surface area contributed by atoms with Gasteiger partial charge in [0.15, 0.2) is 0 Å². The van der Waals surface area contributed by atoms with Crippen molar-refractivity contribution in [2.45, 2.75) is 26.8 Å². The minimum absolute atomic E-state index is 0.252. The van der Waals surface area contributed by atoms with Crippen LogP contribution in [0.25, 0.3) is 5.57 Å². The third-order valence-corrected chi connectivity index (χ3v) is 2.46. The van der Waals surface area contributed by atoms with Crippen molar-refractivity contribution < 1.29 is 9.53 Å². The Balaban J connectivity index is 3.00. The van der Waals surface area contributed by atoms with E-state index in [9.17, 15) is 4.79 Å². The smallest absolute Gasteiger partial charge is 0.340 e. The van der Waals surface area contributed by atoms with E-state index in [-0.39, 0.29) is 12.0 Å². The lowest BCUT2D eigenvalue weighted by Gasteiger charge is -2.10. The van der Waals surface area contributed by atoms with Crippen molar-refractivity contribution in [3.63, 3.8) is 0 Å². The molecule has 0 aromatic heterocycles. The van der Waals surface area contributed by atoms with E-state index in [1.807, 2.05) is 13.8 Å². The van der Waals surface area contributed by atoms with E-state index in [1.54, 1.807) is 37.4 Å². The molecule has 0 saturated carbocycles. The van der Waals surface area contributed by atoms with Crippen molar-refractivity contribution in [3.05, 3.63) is 41.1 Å². The lowest BCUT2D eigenvalue weighted by Crippen LogP contribution is -2.18. The Hall–Kier alpha value is -1.48. The summed E-state index contributed by atoms with van der Waals surface area (Å²) in [5, 5.41) is 3.74. The number of ether oxygens (including phenoxy) is 1. The number of esters is 1. The molecule has 98 valence electrons. The third-order valence-electron chi connectivity index (χ3n) is 2.21. The fraction of sp³-hybridized carbons (Fsp3) is 0.357. The average Bonchev–Trinajstić information content (AvgIpc) is 2.31. The molecule has 0 bridgehead atoms. The topological polar surface area (TPSA) is 38.3 Å². The Morgan fingerprint density at radius 2 is 2.00 bits per heavy atom. The fourth-order valence-corrected chi connectivity index (χ4v) is 1.47. The van der Waals surface area contributed by atoms with E-state index in [4.69, 9.17) is 16.3 Å². The number of carbonyl (C=O) groups is 1. The van der Waals surface area contributed by atoms with Crippen molar-refractivity contribution in [1.82, 2.24) is 5.32 Å². The Morgan fingerprint density at radius 1 is 1.39 bits per heavy atom. The summed E-state index contributed by atoms with van der Waals surface area (Å²) in [6, 6.07) is 7.35. The maximum Gasteiger partial charge on any atom is 0.340 e. The first kappa shape index (κ1) is 14.6. The molecule has 0 spiro atoms. The average molecular weight is 268 g/mol. The molecule has 0 aliphatic heterocycles. The van der Waals surface area contributed by atoms with Crippen LogP contribution in [-0.4, -0.2) is 18.6 Å². The monoisotopic (exact) mass is 267 g/mol. The molecule has 4 heteroatoms. The maximum absolute atomic E-state index is 11.9. The van der Waals surface area contributed by atoms with Crippen LogP contribution in [0, 0.1) is 0 Å².